The minimum absolute atomic E-state index is 0.0168. The Bertz CT molecular complexity index is 625. The zero-order valence-electron chi connectivity index (χ0n) is 17.5. The second-order valence-electron chi connectivity index (χ2n) is 7.45. The van der Waals surface area contributed by atoms with Crippen LogP contribution in [0.25, 0.3) is 0 Å². The van der Waals surface area contributed by atoms with E-state index in [1.165, 1.54) is 5.56 Å². The van der Waals surface area contributed by atoms with E-state index in [0.717, 1.165) is 44.9 Å². The number of amides is 1. The van der Waals surface area contributed by atoms with Crippen molar-refractivity contribution in [2.24, 2.45) is 10.9 Å². The van der Waals surface area contributed by atoms with Crippen molar-refractivity contribution in [3.05, 3.63) is 29.8 Å². The average Bonchev–Trinajstić information content (AvgIpc) is 3.22. The Morgan fingerprint density at radius 1 is 1.32 bits per heavy atom. The van der Waals surface area contributed by atoms with Crippen LogP contribution in [-0.2, 0) is 9.53 Å². The molecule has 1 aromatic carbocycles. The third-order valence-corrected chi connectivity index (χ3v) is 5.01. The Kier molecular flexibility index (Phi) is 9.07. The summed E-state index contributed by atoms with van der Waals surface area (Å²) in [4.78, 5) is 17.9. The number of ether oxygens (including phenoxy) is 2. The van der Waals surface area contributed by atoms with Gasteiger partial charge in [0.05, 0.1) is 13.7 Å². The highest BCUT2D eigenvalue weighted by Gasteiger charge is 2.16. The molecule has 0 aliphatic carbocycles. The molecule has 1 amide bonds. The standard InChI is InChI=1S/C21H34N4O3/c1-16(18-5-7-19(27-4)8-6-18)9-11-22-21(24-14-20(26)25(2)3)23-13-17-10-12-28-15-17/h5-8,16-17H,9-15H2,1-4H3,(H2,22,23,24). The molecule has 0 bridgehead atoms. The topological polar surface area (TPSA) is 75.2 Å². The summed E-state index contributed by atoms with van der Waals surface area (Å²) >= 11 is 0. The molecule has 28 heavy (non-hydrogen) atoms. The van der Waals surface area contributed by atoms with E-state index in [1.54, 1.807) is 26.1 Å². The normalized spacial score (nSPS) is 17.9. The van der Waals surface area contributed by atoms with Crippen molar-refractivity contribution in [1.82, 2.24) is 15.5 Å². The van der Waals surface area contributed by atoms with Crippen LogP contribution in [0.1, 0.15) is 31.2 Å². The first-order valence-electron chi connectivity index (χ1n) is 9.93. The fraction of sp³-hybridized carbons (Fsp3) is 0.619. The van der Waals surface area contributed by atoms with E-state index in [0.29, 0.717) is 17.8 Å². The molecule has 7 nitrogen and oxygen atoms in total. The second-order valence-corrected chi connectivity index (χ2v) is 7.45. The second kappa shape index (κ2) is 11.5. The van der Waals surface area contributed by atoms with Crippen molar-refractivity contribution in [1.29, 1.82) is 0 Å². The Morgan fingerprint density at radius 3 is 2.68 bits per heavy atom. The van der Waals surface area contributed by atoms with Crippen LogP contribution in [0.2, 0.25) is 0 Å². The van der Waals surface area contributed by atoms with E-state index in [2.05, 4.69) is 34.7 Å². The van der Waals surface area contributed by atoms with E-state index >= 15 is 0 Å². The molecule has 0 saturated carbocycles. The quantitative estimate of drug-likeness (QED) is 0.497. The number of hydrogen-bond donors (Lipinski definition) is 2. The van der Waals surface area contributed by atoms with E-state index in [1.807, 2.05) is 12.1 Å². The average molecular weight is 391 g/mol. The number of nitrogens with zero attached hydrogens (tertiary/aromatic N) is 2. The highest BCUT2D eigenvalue weighted by molar-refractivity contribution is 5.84. The summed E-state index contributed by atoms with van der Waals surface area (Å²) in [6.07, 6.45) is 2.02. The molecule has 2 N–H and O–H groups in total. The predicted octanol–water partition coefficient (Wildman–Crippen LogP) is 1.85. The lowest BCUT2D eigenvalue weighted by Gasteiger charge is -2.17. The zero-order chi connectivity index (χ0) is 20.4. The van der Waals surface area contributed by atoms with Gasteiger partial charge in [-0.25, -0.2) is 4.99 Å². The van der Waals surface area contributed by atoms with Crippen LogP contribution in [-0.4, -0.2) is 70.8 Å². The SMILES string of the molecule is COc1ccc(C(C)CCNC(=NCC(=O)N(C)C)NCC2CCOC2)cc1. The highest BCUT2D eigenvalue weighted by atomic mass is 16.5. The number of likely N-dealkylation sites (N-methyl/N-ethyl adjacent to an activating group) is 1. The van der Waals surface area contributed by atoms with Crippen LogP contribution in [0.5, 0.6) is 5.75 Å². The monoisotopic (exact) mass is 390 g/mol. The molecule has 0 spiro atoms. The summed E-state index contributed by atoms with van der Waals surface area (Å²) in [5.41, 5.74) is 1.28. The molecule has 1 fully saturated rings. The number of methoxy groups -OCH3 is 1. The Balaban J connectivity index is 1.84. The maximum Gasteiger partial charge on any atom is 0.243 e. The first-order chi connectivity index (χ1) is 13.5. The van der Waals surface area contributed by atoms with Gasteiger partial charge >= 0.3 is 0 Å². The molecular weight excluding hydrogens is 356 g/mol. The lowest BCUT2D eigenvalue weighted by Crippen LogP contribution is -2.41. The van der Waals surface area contributed by atoms with Gasteiger partial charge in [-0.2, -0.15) is 0 Å². The van der Waals surface area contributed by atoms with Crippen molar-refractivity contribution >= 4 is 11.9 Å². The summed E-state index contributed by atoms with van der Waals surface area (Å²) in [7, 11) is 5.16. The van der Waals surface area contributed by atoms with Crippen molar-refractivity contribution in [3.63, 3.8) is 0 Å². The lowest BCUT2D eigenvalue weighted by atomic mass is 9.98. The predicted molar refractivity (Wildman–Crippen MR) is 112 cm³/mol. The maximum absolute atomic E-state index is 11.9. The summed E-state index contributed by atoms with van der Waals surface area (Å²) in [5, 5.41) is 6.72. The van der Waals surface area contributed by atoms with E-state index in [9.17, 15) is 4.79 Å². The Hall–Kier alpha value is -2.28. The van der Waals surface area contributed by atoms with Gasteiger partial charge in [0.25, 0.3) is 0 Å². The van der Waals surface area contributed by atoms with Gasteiger partial charge in [-0.05, 0) is 36.5 Å². The van der Waals surface area contributed by atoms with Crippen molar-refractivity contribution < 1.29 is 14.3 Å². The number of aliphatic imine (C=N–C) groups is 1. The third kappa shape index (κ3) is 7.38. The molecule has 1 saturated heterocycles. The summed E-state index contributed by atoms with van der Waals surface area (Å²) in [6.45, 7) is 5.53. The van der Waals surface area contributed by atoms with Gasteiger partial charge in [0, 0.05) is 39.7 Å². The molecule has 156 valence electrons. The van der Waals surface area contributed by atoms with Gasteiger partial charge in [-0.1, -0.05) is 19.1 Å². The van der Waals surface area contributed by atoms with Crippen LogP contribution in [0, 0.1) is 5.92 Å². The van der Waals surface area contributed by atoms with Crippen LogP contribution >= 0.6 is 0 Å². The molecule has 1 heterocycles. The first kappa shape index (κ1) is 22.0. The molecule has 1 aromatic rings. The lowest BCUT2D eigenvalue weighted by molar-refractivity contribution is -0.127. The molecular formula is C21H34N4O3. The van der Waals surface area contributed by atoms with Crippen LogP contribution in [0.3, 0.4) is 0 Å². The van der Waals surface area contributed by atoms with Gasteiger partial charge in [0.15, 0.2) is 5.96 Å². The molecule has 1 aliphatic rings. The first-order valence-corrected chi connectivity index (χ1v) is 9.93. The fourth-order valence-electron chi connectivity index (χ4n) is 2.95. The number of guanidine groups is 1. The molecule has 0 aromatic heterocycles. The van der Waals surface area contributed by atoms with Gasteiger partial charge in [0.2, 0.25) is 5.91 Å². The summed E-state index contributed by atoms with van der Waals surface area (Å²) in [5.74, 6) is 2.44. The van der Waals surface area contributed by atoms with Gasteiger partial charge in [-0.3, -0.25) is 4.79 Å². The van der Waals surface area contributed by atoms with E-state index in [-0.39, 0.29) is 12.5 Å². The molecule has 1 aliphatic heterocycles. The largest absolute Gasteiger partial charge is 0.497 e. The molecule has 2 rings (SSSR count). The number of rotatable bonds is 9. The molecule has 2 unspecified atom stereocenters. The molecule has 2 atom stereocenters. The van der Waals surface area contributed by atoms with Crippen molar-refractivity contribution in [2.75, 3.05) is 54.1 Å². The summed E-state index contributed by atoms with van der Waals surface area (Å²) < 4.78 is 10.6. The fourth-order valence-corrected chi connectivity index (χ4v) is 2.95. The van der Waals surface area contributed by atoms with Gasteiger partial charge in [0.1, 0.15) is 12.3 Å². The zero-order valence-corrected chi connectivity index (χ0v) is 17.5. The number of carbonyl (C=O) groups is 1. The summed E-state index contributed by atoms with van der Waals surface area (Å²) in [6, 6.07) is 8.19. The third-order valence-electron chi connectivity index (χ3n) is 5.01. The van der Waals surface area contributed by atoms with Crippen molar-refractivity contribution in [3.8, 4) is 5.75 Å². The Labute approximate surface area is 168 Å². The number of hydrogen-bond acceptors (Lipinski definition) is 4. The van der Waals surface area contributed by atoms with Gasteiger partial charge in [-0.15, -0.1) is 0 Å². The van der Waals surface area contributed by atoms with Gasteiger partial charge < -0.3 is 25.0 Å². The Morgan fingerprint density at radius 2 is 2.07 bits per heavy atom. The minimum atomic E-state index is -0.0168. The minimum Gasteiger partial charge on any atom is -0.497 e. The van der Waals surface area contributed by atoms with Crippen LogP contribution < -0.4 is 15.4 Å². The van der Waals surface area contributed by atoms with E-state index in [4.69, 9.17) is 9.47 Å². The molecule has 0 radical (unpaired) electrons. The van der Waals surface area contributed by atoms with E-state index < -0.39 is 0 Å². The van der Waals surface area contributed by atoms with Crippen LogP contribution in [0.4, 0.5) is 0 Å². The van der Waals surface area contributed by atoms with Crippen LogP contribution in [0.15, 0.2) is 29.3 Å². The number of benzene rings is 1. The smallest absolute Gasteiger partial charge is 0.243 e. The maximum atomic E-state index is 11.9. The molecule has 7 heteroatoms. The number of carbonyl (C=O) groups excluding carboxylic acids is 1. The number of nitrogens with one attached hydrogen (secondary N) is 2. The highest BCUT2D eigenvalue weighted by Crippen LogP contribution is 2.21. The van der Waals surface area contributed by atoms with Crippen molar-refractivity contribution in [2.45, 2.75) is 25.7 Å².